The first kappa shape index (κ1) is 9.02. The molecule has 1 heterocycles. The highest BCUT2D eigenvalue weighted by atomic mass is 28.5. The van der Waals surface area contributed by atoms with Gasteiger partial charge in [-0.3, -0.25) is 4.53 Å². The van der Waals surface area contributed by atoms with E-state index in [0.29, 0.717) is 13.1 Å². The van der Waals surface area contributed by atoms with E-state index >= 15 is 0 Å². The van der Waals surface area contributed by atoms with Gasteiger partial charge in [0.2, 0.25) is 0 Å². The van der Waals surface area contributed by atoms with E-state index in [9.17, 15) is 12.3 Å². The Morgan fingerprint density at radius 1 is 1.00 bits per heavy atom. The lowest BCUT2D eigenvalue weighted by Crippen LogP contribution is -2.38. The minimum atomic E-state index is -5.82. The fraction of sp³-hybridized carbons (Fsp3) is 1.00. The van der Waals surface area contributed by atoms with Gasteiger partial charge in [0.05, 0.1) is 0 Å². The quantitative estimate of drug-likeness (QED) is 0.480. The van der Waals surface area contributed by atoms with Gasteiger partial charge in [0, 0.05) is 13.1 Å². The molecule has 6 heteroatoms. The number of hydrogen-bond donors (Lipinski definition) is 0. The van der Waals surface area contributed by atoms with Gasteiger partial charge >= 0.3 is 9.32 Å². The van der Waals surface area contributed by atoms with Gasteiger partial charge in [-0.2, -0.15) is 5.06 Å². The summed E-state index contributed by atoms with van der Waals surface area (Å²) in [5.41, 5.74) is 0. The van der Waals surface area contributed by atoms with E-state index in [0.717, 1.165) is 24.3 Å². The van der Waals surface area contributed by atoms with Crippen LogP contribution in [0.5, 0.6) is 0 Å². The highest BCUT2D eigenvalue weighted by Crippen LogP contribution is 2.16. The lowest BCUT2D eigenvalue weighted by Gasteiger charge is -2.25. The summed E-state index contributed by atoms with van der Waals surface area (Å²) in [6.45, 7) is 0.846. The summed E-state index contributed by atoms with van der Waals surface area (Å²) < 4.78 is 39.0. The predicted octanol–water partition coefficient (Wildman–Crippen LogP) is 1.75. The molecule has 0 aromatic carbocycles. The van der Waals surface area contributed by atoms with Crippen LogP contribution in [0.1, 0.15) is 19.3 Å². The molecular formula is C5H10F3NOSi. The van der Waals surface area contributed by atoms with Crippen LogP contribution in [0.15, 0.2) is 0 Å². The first-order valence-electron chi connectivity index (χ1n) is 3.59. The zero-order valence-electron chi connectivity index (χ0n) is 6.02. The number of hydrogen-bond acceptors (Lipinski definition) is 2. The van der Waals surface area contributed by atoms with E-state index in [1.54, 1.807) is 0 Å². The predicted molar refractivity (Wildman–Crippen MR) is 35.6 cm³/mol. The number of nitrogens with zero attached hydrogens (tertiary/aromatic N) is 1. The van der Waals surface area contributed by atoms with E-state index in [-0.39, 0.29) is 0 Å². The summed E-state index contributed by atoms with van der Waals surface area (Å²) in [4.78, 5) is 0. The molecule has 1 fully saturated rings. The fourth-order valence-electron chi connectivity index (χ4n) is 1.10. The smallest absolute Gasteiger partial charge is 0.253 e. The number of halogens is 3. The standard InChI is InChI=1S/C5H10F3NOSi/c6-11(7,8)10-9-4-2-1-3-5-9/h1-5H2. The van der Waals surface area contributed by atoms with E-state index in [4.69, 9.17) is 0 Å². The second-order valence-corrected chi connectivity index (χ2v) is 3.60. The van der Waals surface area contributed by atoms with Crippen molar-refractivity contribution in [2.24, 2.45) is 0 Å². The van der Waals surface area contributed by atoms with Crippen molar-refractivity contribution < 1.29 is 16.9 Å². The molecule has 0 saturated carbocycles. The highest BCUT2D eigenvalue weighted by molar-refractivity contribution is 6.50. The zero-order chi connectivity index (χ0) is 8.32. The molecule has 0 aromatic heterocycles. The number of piperidine rings is 1. The van der Waals surface area contributed by atoms with E-state index in [1.807, 2.05) is 0 Å². The van der Waals surface area contributed by atoms with Crippen LogP contribution in [0, 0.1) is 0 Å². The van der Waals surface area contributed by atoms with Crippen LogP contribution in [-0.4, -0.2) is 27.5 Å². The van der Waals surface area contributed by atoms with Crippen molar-refractivity contribution in [1.82, 2.24) is 5.06 Å². The van der Waals surface area contributed by atoms with Crippen molar-refractivity contribution in [2.45, 2.75) is 19.3 Å². The van der Waals surface area contributed by atoms with Gasteiger partial charge in [0.25, 0.3) is 0 Å². The second-order valence-electron chi connectivity index (χ2n) is 2.53. The van der Waals surface area contributed by atoms with Crippen molar-refractivity contribution in [3.05, 3.63) is 0 Å². The SMILES string of the molecule is F[Si](F)(F)ON1CCCCC1. The summed E-state index contributed by atoms with van der Waals surface area (Å²) in [5.74, 6) is 0. The third-order valence-electron chi connectivity index (χ3n) is 1.55. The molecule has 1 saturated heterocycles. The molecule has 0 bridgehead atoms. The van der Waals surface area contributed by atoms with E-state index in [2.05, 4.69) is 4.53 Å². The summed E-state index contributed by atoms with van der Waals surface area (Å²) >= 11 is 0. The van der Waals surface area contributed by atoms with Gasteiger partial charge in [0.1, 0.15) is 0 Å². The highest BCUT2D eigenvalue weighted by Gasteiger charge is 2.44. The molecule has 0 radical (unpaired) electrons. The Balaban J connectivity index is 2.24. The summed E-state index contributed by atoms with van der Waals surface area (Å²) in [7, 11) is -5.82. The second kappa shape index (κ2) is 3.55. The monoisotopic (exact) mass is 185 g/mol. The maximum atomic E-state index is 11.7. The van der Waals surface area contributed by atoms with Crippen molar-refractivity contribution in [3.63, 3.8) is 0 Å². The Kier molecular flexibility index (Phi) is 2.91. The molecule has 1 aliphatic heterocycles. The topological polar surface area (TPSA) is 12.5 Å². The average molecular weight is 185 g/mol. The van der Waals surface area contributed by atoms with Crippen LogP contribution in [0.2, 0.25) is 0 Å². The van der Waals surface area contributed by atoms with Crippen molar-refractivity contribution in [3.8, 4) is 0 Å². The Hall–Kier alpha value is -0.0731. The molecule has 0 N–H and O–H groups in total. The maximum Gasteiger partial charge on any atom is 0.820 e. The maximum absolute atomic E-state index is 11.7. The van der Waals surface area contributed by atoms with Gasteiger partial charge in [-0.25, -0.2) is 12.3 Å². The molecular weight excluding hydrogens is 175 g/mol. The number of rotatable bonds is 2. The summed E-state index contributed by atoms with van der Waals surface area (Å²) in [6, 6.07) is 0. The van der Waals surface area contributed by atoms with Crippen LogP contribution in [0.3, 0.4) is 0 Å². The molecule has 1 aliphatic rings. The number of hydroxylamine groups is 2. The molecule has 0 aliphatic carbocycles. The van der Waals surface area contributed by atoms with Crippen molar-refractivity contribution >= 4 is 9.32 Å². The lowest BCUT2D eigenvalue weighted by atomic mass is 10.2. The van der Waals surface area contributed by atoms with E-state index in [1.165, 1.54) is 0 Å². The largest absolute Gasteiger partial charge is 0.820 e. The molecule has 0 amide bonds. The van der Waals surface area contributed by atoms with Crippen molar-refractivity contribution in [1.29, 1.82) is 0 Å². The van der Waals surface area contributed by atoms with Crippen LogP contribution in [0.4, 0.5) is 12.3 Å². The van der Waals surface area contributed by atoms with Crippen LogP contribution in [-0.2, 0) is 4.53 Å². The zero-order valence-corrected chi connectivity index (χ0v) is 7.02. The average Bonchev–Trinajstić information content (AvgIpc) is 1.85. The third-order valence-corrected chi connectivity index (χ3v) is 2.01. The van der Waals surface area contributed by atoms with E-state index < -0.39 is 9.32 Å². The molecule has 0 aromatic rings. The van der Waals surface area contributed by atoms with Gasteiger partial charge in [0.15, 0.2) is 0 Å². The van der Waals surface area contributed by atoms with Crippen LogP contribution < -0.4 is 0 Å². The first-order chi connectivity index (χ1) is 5.08. The molecule has 0 spiro atoms. The Morgan fingerprint density at radius 3 is 2.00 bits per heavy atom. The lowest BCUT2D eigenvalue weighted by molar-refractivity contribution is -0.116. The van der Waals surface area contributed by atoms with Crippen molar-refractivity contribution in [2.75, 3.05) is 13.1 Å². The van der Waals surface area contributed by atoms with Crippen LogP contribution in [0.25, 0.3) is 0 Å². The van der Waals surface area contributed by atoms with Gasteiger partial charge in [-0.1, -0.05) is 6.42 Å². The Labute approximate surface area is 64.5 Å². The van der Waals surface area contributed by atoms with Crippen LogP contribution >= 0.6 is 0 Å². The molecule has 1 rings (SSSR count). The first-order valence-corrected chi connectivity index (χ1v) is 5.13. The molecule has 0 unspecified atom stereocenters. The summed E-state index contributed by atoms with van der Waals surface area (Å²) in [5, 5.41) is 1.04. The Bertz CT molecular complexity index is 123. The molecule has 0 atom stereocenters. The van der Waals surface area contributed by atoms with Gasteiger partial charge in [-0.05, 0) is 12.8 Å². The molecule has 66 valence electrons. The third kappa shape index (κ3) is 3.73. The minimum Gasteiger partial charge on any atom is -0.253 e. The molecule has 2 nitrogen and oxygen atoms in total. The summed E-state index contributed by atoms with van der Waals surface area (Å²) in [6.07, 6.45) is 2.63. The van der Waals surface area contributed by atoms with Gasteiger partial charge < -0.3 is 0 Å². The minimum absolute atomic E-state index is 0.423. The fourth-order valence-corrected chi connectivity index (χ4v) is 1.58. The van der Waals surface area contributed by atoms with Gasteiger partial charge in [-0.15, -0.1) is 0 Å². The Morgan fingerprint density at radius 2 is 1.55 bits per heavy atom. The normalized spacial score (nSPS) is 22.1. The molecule has 11 heavy (non-hydrogen) atoms.